The van der Waals surface area contributed by atoms with Gasteiger partial charge in [0.25, 0.3) is 11.5 Å². The van der Waals surface area contributed by atoms with E-state index in [1.165, 1.54) is 10.9 Å². The fraction of sp³-hybridized carbons (Fsp3) is 0.300. The predicted molar refractivity (Wildman–Crippen MR) is 101 cm³/mol. The normalized spacial score (nSPS) is 16.0. The lowest BCUT2D eigenvalue weighted by Gasteiger charge is -2.38. The van der Waals surface area contributed by atoms with Gasteiger partial charge in [0.2, 0.25) is 5.95 Å². The molecule has 27 heavy (non-hydrogen) atoms. The van der Waals surface area contributed by atoms with E-state index >= 15 is 0 Å². The van der Waals surface area contributed by atoms with Crippen LogP contribution < -0.4 is 10.9 Å². The largest absolute Gasteiger partial charge is 0.342 e. The van der Waals surface area contributed by atoms with Crippen LogP contribution in [0, 0.1) is 0 Å². The van der Waals surface area contributed by atoms with Crippen LogP contribution in [-0.4, -0.2) is 25.7 Å². The molecule has 0 radical (unpaired) electrons. The molecule has 0 unspecified atom stereocenters. The number of amides is 1. The molecule has 0 spiro atoms. The molecule has 1 aliphatic carbocycles. The topological polar surface area (TPSA) is 92.7 Å². The van der Waals surface area contributed by atoms with Crippen LogP contribution in [-0.2, 0) is 5.54 Å². The Kier molecular flexibility index (Phi) is 4.58. The van der Waals surface area contributed by atoms with Crippen LogP contribution in [0.15, 0.2) is 59.8 Å². The van der Waals surface area contributed by atoms with Crippen molar-refractivity contribution in [3.05, 3.63) is 76.5 Å². The average molecular weight is 363 g/mol. The maximum atomic E-state index is 12.9. The number of benzene rings is 1. The molecule has 2 aromatic heterocycles. The number of carbonyl (C=O) groups excluding carboxylic acids is 1. The van der Waals surface area contributed by atoms with E-state index in [9.17, 15) is 9.59 Å². The van der Waals surface area contributed by atoms with Crippen LogP contribution in [0.5, 0.6) is 0 Å². The van der Waals surface area contributed by atoms with Gasteiger partial charge >= 0.3 is 0 Å². The van der Waals surface area contributed by atoms with E-state index in [-0.39, 0.29) is 11.5 Å². The number of hydrogen-bond acceptors (Lipinski definition) is 4. The molecule has 1 amide bonds. The second-order valence-electron chi connectivity index (χ2n) is 6.86. The first-order chi connectivity index (χ1) is 13.2. The molecule has 2 N–H and O–H groups in total. The van der Waals surface area contributed by atoms with Gasteiger partial charge in [-0.1, -0.05) is 49.6 Å². The number of aromatic nitrogens is 4. The molecule has 1 saturated carbocycles. The summed E-state index contributed by atoms with van der Waals surface area (Å²) in [5.41, 5.74) is 0.165. The molecule has 0 aliphatic heterocycles. The number of hydrogen-bond donors (Lipinski definition) is 2. The lowest BCUT2D eigenvalue weighted by atomic mass is 9.76. The van der Waals surface area contributed by atoms with E-state index in [0.717, 1.165) is 37.7 Å². The van der Waals surface area contributed by atoms with Gasteiger partial charge in [-0.15, -0.1) is 0 Å². The van der Waals surface area contributed by atoms with Gasteiger partial charge in [-0.3, -0.25) is 14.6 Å². The summed E-state index contributed by atoms with van der Waals surface area (Å²) in [6.07, 6.45) is 9.54. The van der Waals surface area contributed by atoms with Gasteiger partial charge in [0.05, 0.1) is 5.54 Å². The van der Waals surface area contributed by atoms with Gasteiger partial charge in [-0.2, -0.15) is 5.10 Å². The SMILES string of the molecule is O=C(NC1(c2ccccc2)CCCCC1)c1cnc(-n2cccn2)[nH]c1=O. The van der Waals surface area contributed by atoms with Crippen LogP contribution in [0.4, 0.5) is 0 Å². The zero-order valence-electron chi connectivity index (χ0n) is 14.9. The zero-order valence-corrected chi connectivity index (χ0v) is 14.9. The molecule has 1 fully saturated rings. The third kappa shape index (κ3) is 3.40. The molecule has 1 aliphatic rings. The van der Waals surface area contributed by atoms with Crippen LogP contribution in [0.1, 0.15) is 48.0 Å². The summed E-state index contributed by atoms with van der Waals surface area (Å²) in [7, 11) is 0. The Bertz CT molecular complexity index is 973. The van der Waals surface area contributed by atoms with E-state index in [2.05, 4.69) is 20.4 Å². The Morgan fingerprint density at radius 2 is 1.89 bits per heavy atom. The zero-order chi connectivity index (χ0) is 18.7. The Balaban J connectivity index is 1.63. The summed E-state index contributed by atoms with van der Waals surface area (Å²) < 4.78 is 1.44. The highest BCUT2D eigenvalue weighted by Crippen LogP contribution is 2.37. The maximum Gasteiger partial charge on any atom is 0.265 e. The highest BCUT2D eigenvalue weighted by molar-refractivity contribution is 5.94. The molecule has 0 bridgehead atoms. The van der Waals surface area contributed by atoms with Crippen molar-refractivity contribution in [3.8, 4) is 5.95 Å². The first-order valence-corrected chi connectivity index (χ1v) is 9.15. The Hall–Kier alpha value is -3.22. The van der Waals surface area contributed by atoms with Gasteiger partial charge in [0.1, 0.15) is 5.56 Å². The second-order valence-corrected chi connectivity index (χ2v) is 6.86. The van der Waals surface area contributed by atoms with E-state index in [1.807, 2.05) is 30.3 Å². The molecule has 138 valence electrons. The molecular formula is C20H21N5O2. The minimum Gasteiger partial charge on any atom is -0.342 e. The summed E-state index contributed by atoms with van der Waals surface area (Å²) in [4.78, 5) is 32.2. The monoisotopic (exact) mass is 363 g/mol. The maximum absolute atomic E-state index is 12.9. The summed E-state index contributed by atoms with van der Waals surface area (Å²) in [5, 5.41) is 7.17. The Morgan fingerprint density at radius 3 is 2.56 bits per heavy atom. The fourth-order valence-electron chi connectivity index (χ4n) is 3.74. The molecule has 0 atom stereocenters. The third-order valence-electron chi connectivity index (χ3n) is 5.14. The van der Waals surface area contributed by atoms with Crippen molar-refractivity contribution in [1.29, 1.82) is 0 Å². The van der Waals surface area contributed by atoms with Crippen molar-refractivity contribution in [3.63, 3.8) is 0 Å². The van der Waals surface area contributed by atoms with Gasteiger partial charge in [0, 0.05) is 18.6 Å². The first-order valence-electron chi connectivity index (χ1n) is 9.15. The van der Waals surface area contributed by atoms with Gasteiger partial charge in [-0.25, -0.2) is 9.67 Å². The molecule has 7 nitrogen and oxygen atoms in total. The van der Waals surface area contributed by atoms with Crippen LogP contribution in [0.3, 0.4) is 0 Å². The summed E-state index contributed by atoms with van der Waals surface area (Å²) in [5.74, 6) is -0.126. The number of nitrogens with one attached hydrogen (secondary N) is 2. The van der Waals surface area contributed by atoms with Crippen molar-refractivity contribution < 1.29 is 4.79 Å². The summed E-state index contributed by atoms with van der Waals surface area (Å²) in [6.45, 7) is 0. The number of aromatic amines is 1. The fourth-order valence-corrected chi connectivity index (χ4v) is 3.74. The summed E-state index contributed by atoms with van der Waals surface area (Å²) >= 11 is 0. The predicted octanol–water partition coefficient (Wildman–Crippen LogP) is 2.54. The van der Waals surface area contributed by atoms with Crippen LogP contribution in [0.25, 0.3) is 5.95 Å². The molecule has 7 heteroatoms. The van der Waals surface area contributed by atoms with Crippen molar-refractivity contribution in [2.75, 3.05) is 0 Å². The second kappa shape index (κ2) is 7.19. The van der Waals surface area contributed by atoms with E-state index in [0.29, 0.717) is 0 Å². The first kappa shape index (κ1) is 17.2. The quantitative estimate of drug-likeness (QED) is 0.745. The smallest absolute Gasteiger partial charge is 0.265 e. The van der Waals surface area contributed by atoms with E-state index in [1.54, 1.807) is 18.5 Å². The van der Waals surface area contributed by atoms with Gasteiger partial charge < -0.3 is 5.32 Å². The minimum absolute atomic E-state index is 0.00628. The third-order valence-corrected chi connectivity index (χ3v) is 5.14. The number of nitrogens with zero attached hydrogens (tertiary/aromatic N) is 3. The average Bonchev–Trinajstić information content (AvgIpc) is 3.24. The standard InChI is InChI=1S/C20H21N5O2/c26-17-16(14-21-19(23-17)25-13-7-12-22-25)18(27)24-20(10-5-2-6-11-20)15-8-3-1-4-9-15/h1,3-4,7-9,12-14H,2,5-6,10-11H2,(H,24,27)(H,21,23,26). The van der Waals surface area contributed by atoms with Crippen molar-refractivity contribution in [2.24, 2.45) is 0 Å². The van der Waals surface area contributed by atoms with Crippen molar-refractivity contribution >= 4 is 5.91 Å². The van der Waals surface area contributed by atoms with Gasteiger partial charge in [-0.05, 0) is 24.5 Å². The van der Waals surface area contributed by atoms with Crippen LogP contribution in [0.2, 0.25) is 0 Å². The number of carbonyl (C=O) groups is 1. The lowest BCUT2D eigenvalue weighted by Crippen LogP contribution is -2.48. The van der Waals surface area contributed by atoms with Gasteiger partial charge in [0.15, 0.2) is 0 Å². The van der Waals surface area contributed by atoms with Crippen molar-refractivity contribution in [1.82, 2.24) is 25.1 Å². The highest BCUT2D eigenvalue weighted by Gasteiger charge is 2.36. The summed E-state index contributed by atoms with van der Waals surface area (Å²) in [6, 6.07) is 11.7. The lowest BCUT2D eigenvalue weighted by molar-refractivity contribution is 0.0864. The minimum atomic E-state index is -0.480. The van der Waals surface area contributed by atoms with Crippen LogP contribution >= 0.6 is 0 Å². The van der Waals surface area contributed by atoms with E-state index in [4.69, 9.17) is 0 Å². The van der Waals surface area contributed by atoms with Crippen molar-refractivity contribution in [2.45, 2.75) is 37.6 Å². The number of rotatable bonds is 4. The molecule has 3 aromatic rings. The molecule has 4 rings (SSSR count). The molecule has 2 heterocycles. The Labute approximate surface area is 156 Å². The van der Waals surface area contributed by atoms with E-state index < -0.39 is 17.0 Å². The molecule has 1 aromatic carbocycles. The highest BCUT2D eigenvalue weighted by atomic mass is 16.2. The number of H-pyrrole nitrogens is 1. The molecular weight excluding hydrogens is 342 g/mol. The molecule has 0 saturated heterocycles. The Morgan fingerprint density at radius 1 is 1.11 bits per heavy atom.